The lowest BCUT2D eigenvalue weighted by atomic mass is 9.97. The van der Waals surface area contributed by atoms with Gasteiger partial charge in [-0.2, -0.15) is 0 Å². The minimum atomic E-state index is -2.86. The number of aryl methyl sites for hydroxylation is 2. The summed E-state index contributed by atoms with van der Waals surface area (Å²) in [4.78, 5) is 15.5. The molecule has 0 unspecified atom stereocenters. The van der Waals surface area contributed by atoms with E-state index in [0.717, 1.165) is 44.5 Å². The van der Waals surface area contributed by atoms with Crippen LogP contribution in [0.15, 0.2) is 255 Å². The SMILES string of the molecule is Cc1ccc(-c2ccc3c(c2)c2ccccc2n3-c2cc(-c3nc(-c4ccccc4)nc(-c4ccccc4)n3)ccc2-c2cccc([Si](c3ccccc3)(c3ccccc3)c3ccccc3)c2)c(C)c1. The lowest BCUT2D eigenvalue weighted by Gasteiger charge is -2.34. The molecule has 0 radical (unpaired) electrons. The minimum absolute atomic E-state index is 0.607. The fourth-order valence-electron chi connectivity index (χ4n) is 10.6. The summed E-state index contributed by atoms with van der Waals surface area (Å²) in [6.07, 6.45) is 0. The molecule has 0 spiro atoms. The van der Waals surface area contributed by atoms with Gasteiger partial charge in [0.15, 0.2) is 25.5 Å². The van der Waals surface area contributed by atoms with E-state index in [1.807, 2.05) is 36.4 Å². The highest BCUT2D eigenvalue weighted by Crippen LogP contribution is 2.40. The first-order valence-electron chi connectivity index (χ1n) is 23.9. The Labute approximate surface area is 409 Å². The van der Waals surface area contributed by atoms with Crippen molar-refractivity contribution >= 4 is 50.6 Å². The molecule has 10 aromatic carbocycles. The molecule has 0 aliphatic heterocycles. The van der Waals surface area contributed by atoms with Crippen LogP contribution in [-0.2, 0) is 0 Å². The molecule has 12 rings (SSSR count). The minimum Gasteiger partial charge on any atom is -0.309 e. The molecule has 2 aromatic heterocycles. The quantitative estimate of drug-likeness (QED) is 0.101. The molecule has 0 amide bonds. The summed E-state index contributed by atoms with van der Waals surface area (Å²) in [5, 5.41) is 7.69. The standard InChI is InChI=1S/C65H48N4Si/c1-45-35-38-56(46(2)41-45)50-37-40-61-59(43-50)58-33-18-19-34-60(58)69(61)62-44-51(65-67-63(47-21-8-3-9-22-47)66-64(68-65)48-23-10-4-11-24-48)36-39-57(62)49-25-20-32-55(42-49)70(52-26-12-5-13-27-52,53-28-14-6-15-29-53)54-30-16-7-17-31-54/h3-44H,1-2H3. The van der Waals surface area contributed by atoms with Crippen molar-refractivity contribution in [1.29, 1.82) is 0 Å². The van der Waals surface area contributed by atoms with Crippen LogP contribution in [0.5, 0.6) is 0 Å². The molecule has 0 atom stereocenters. The van der Waals surface area contributed by atoms with Gasteiger partial charge in [-0.15, -0.1) is 0 Å². The first kappa shape index (κ1) is 42.6. The summed E-state index contributed by atoms with van der Waals surface area (Å²) in [7, 11) is -2.86. The molecule has 5 heteroatoms. The number of fused-ring (bicyclic) bond motifs is 3. The van der Waals surface area contributed by atoms with Gasteiger partial charge in [0.2, 0.25) is 0 Å². The molecule has 0 N–H and O–H groups in total. The highest BCUT2D eigenvalue weighted by atomic mass is 28.3. The molecule has 4 nitrogen and oxygen atoms in total. The van der Waals surface area contributed by atoms with Crippen LogP contribution in [0.25, 0.3) is 83.9 Å². The predicted octanol–water partition coefficient (Wildman–Crippen LogP) is 13.3. The van der Waals surface area contributed by atoms with Gasteiger partial charge in [-0.3, -0.25) is 0 Å². The first-order valence-corrected chi connectivity index (χ1v) is 25.9. The third kappa shape index (κ3) is 7.54. The number of hydrogen-bond acceptors (Lipinski definition) is 3. The molecule has 0 aliphatic rings. The molecule has 0 bridgehead atoms. The number of rotatable bonds is 10. The molecular formula is C65H48N4Si. The summed E-state index contributed by atoms with van der Waals surface area (Å²) in [5.74, 6) is 1.86. The van der Waals surface area contributed by atoms with Gasteiger partial charge in [0.05, 0.1) is 16.7 Å². The Kier molecular flexibility index (Phi) is 11.0. The number of hydrogen-bond donors (Lipinski definition) is 0. The van der Waals surface area contributed by atoms with Crippen molar-refractivity contribution in [3.8, 4) is 62.1 Å². The summed E-state index contributed by atoms with van der Waals surface area (Å²) in [6.45, 7) is 4.37. The Morgan fingerprint density at radius 2 is 0.771 bits per heavy atom. The van der Waals surface area contributed by atoms with Crippen molar-refractivity contribution in [2.24, 2.45) is 0 Å². The van der Waals surface area contributed by atoms with Crippen LogP contribution in [0.4, 0.5) is 0 Å². The van der Waals surface area contributed by atoms with Gasteiger partial charge in [0.1, 0.15) is 0 Å². The van der Waals surface area contributed by atoms with Crippen LogP contribution in [0.2, 0.25) is 0 Å². The highest BCUT2D eigenvalue weighted by molar-refractivity contribution is 7.19. The lowest BCUT2D eigenvalue weighted by Crippen LogP contribution is -2.74. The van der Waals surface area contributed by atoms with Gasteiger partial charge in [0, 0.05) is 33.0 Å². The van der Waals surface area contributed by atoms with E-state index in [1.54, 1.807) is 0 Å². The van der Waals surface area contributed by atoms with Crippen molar-refractivity contribution in [2.45, 2.75) is 13.8 Å². The number of benzene rings is 10. The summed E-state index contributed by atoms with van der Waals surface area (Å²) in [6, 6.07) is 92.4. The maximum Gasteiger partial charge on any atom is 0.179 e. The van der Waals surface area contributed by atoms with Gasteiger partial charge < -0.3 is 4.57 Å². The van der Waals surface area contributed by atoms with Gasteiger partial charge in [0.25, 0.3) is 0 Å². The Hall–Kier alpha value is -8.77. The topological polar surface area (TPSA) is 43.6 Å². The maximum atomic E-state index is 5.23. The van der Waals surface area contributed by atoms with Gasteiger partial charge in [-0.25, -0.2) is 15.0 Å². The fourth-order valence-corrected chi connectivity index (χ4v) is 15.4. The van der Waals surface area contributed by atoms with Crippen molar-refractivity contribution in [3.05, 3.63) is 266 Å². The van der Waals surface area contributed by atoms with Crippen molar-refractivity contribution < 1.29 is 0 Å². The van der Waals surface area contributed by atoms with Crippen LogP contribution >= 0.6 is 0 Å². The Morgan fingerprint density at radius 1 is 0.314 bits per heavy atom. The monoisotopic (exact) mass is 912 g/mol. The molecule has 70 heavy (non-hydrogen) atoms. The first-order chi connectivity index (χ1) is 34.5. The van der Waals surface area contributed by atoms with E-state index in [0.29, 0.717) is 17.5 Å². The zero-order valence-corrected chi connectivity index (χ0v) is 40.0. The smallest absolute Gasteiger partial charge is 0.179 e. The Morgan fingerprint density at radius 3 is 1.36 bits per heavy atom. The number of nitrogens with zero attached hydrogens (tertiary/aromatic N) is 4. The van der Waals surface area contributed by atoms with Crippen LogP contribution in [0, 0.1) is 13.8 Å². The van der Waals surface area contributed by atoms with E-state index < -0.39 is 8.07 Å². The largest absolute Gasteiger partial charge is 0.309 e. The zero-order valence-electron chi connectivity index (χ0n) is 39.0. The molecule has 2 heterocycles. The van der Waals surface area contributed by atoms with Crippen molar-refractivity contribution in [2.75, 3.05) is 0 Å². The lowest BCUT2D eigenvalue weighted by molar-refractivity contribution is 1.07. The van der Waals surface area contributed by atoms with Crippen LogP contribution in [-0.4, -0.2) is 27.6 Å². The van der Waals surface area contributed by atoms with E-state index in [2.05, 4.69) is 237 Å². The normalized spacial score (nSPS) is 11.6. The van der Waals surface area contributed by atoms with E-state index in [9.17, 15) is 0 Å². The Bertz CT molecular complexity index is 3680. The van der Waals surface area contributed by atoms with Gasteiger partial charge in [-0.1, -0.05) is 236 Å². The van der Waals surface area contributed by atoms with Gasteiger partial charge >= 0.3 is 0 Å². The van der Waals surface area contributed by atoms with Crippen LogP contribution in [0.1, 0.15) is 11.1 Å². The van der Waals surface area contributed by atoms with Crippen molar-refractivity contribution in [1.82, 2.24) is 19.5 Å². The van der Waals surface area contributed by atoms with E-state index in [1.165, 1.54) is 53.8 Å². The second-order valence-electron chi connectivity index (χ2n) is 18.1. The molecular weight excluding hydrogens is 865 g/mol. The highest BCUT2D eigenvalue weighted by Gasteiger charge is 2.41. The molecule has 0 saturated heterocycles. The average molecular weight is 913 g/mol. The molecule has 0 saturated carbocycles. The van der Waals surface area contributed by atoms with E-state index in [-0.39, 0.29) is 0 Å². The summed E-state index contributed by atoms with van der Waals surface area (Å²) >= 11 is 0. The molecule has 12 aromatic rings. The number of aromatic nitrogens is 4. The van der Waals surface area contributed by atoms with Gasteiger partial charge in [-0.05, 0) is 81.1 Å². The molecule has 332 valence electrons. The predicted molar refractivity (Wildman–Crippen MR) is 294 cm³/mol. The van der Waals surface area contributed by atoms with Crippen LogP contribution < -0.4 is 20.7 Å². The summed E-state index contributed by atoms with van der Waals surface area (Å²) < 4.78 is 2.45. The zero-order chi connectivity index (χ0) is 47.0. The van der Waals surface area contributed by atoms with Crippen LogP contribution in [0.3, 0.4) is 0 Å². The average Bonchev–Trinajstić information content (AvgIpc) is 3.76. The van der Waals surface area contributed by atoms with E-state index in [4.69, 9.17) is 15.0 Å². The fraction of sp³-hybridized carbons (Fsp3) is 0.0308. The van der Waals surface area contributed by atoms with E-state index >= 15 is 0 Å². The second-order valence-corrected chi connectivity index (χ2v) is 21.9. The number of para-hydroxylation sites is 1. The molecule has 0 aliphatic carbocycles. The molecule has 0 fully saturated rings. The third-order valence-electron chi connectivity index (χ3n) is 13.8. The maximum absolute atomic E-state index is 5.23. The van der Waals surface area contributed by atoms with Crippen molar-refractivity contribution in [3.63, 3.8) is 0 Å². The third-order valence-corrected chi connectivity index (χ3v) is 18.6. The Balaban J connectivity index is 1.14. The second kappa shape index (κ2) is 18.0. The summed E-state index contributed by atoms with van der Waals surface area (Å²) in [5.41, 5.74) is 13.2.